The number of rotatable bonds is 5. The Kier molecular flexibility index (Phi) is 6.06. The van der Waals surface area contributed by atoms with Gasteiger partial charge in [0.15, 0.2) is 0 Å². The summed E-state index contributed by atoms with van der Waals surface area (Å²) in [4.78, 5) is 11.5. The number of nitrogens with two attached hydrogens (primary N) is 1. The van der Waals surface area contributed by atoms with Gasteiger partial charge in [-0.05, 0) is 98.5 Å². The van der Waals surface area contributed by atoms with E-state index in [4.69, 9.17) is 10.2 Å². The van der Waals surface area contributed by atoms with Crippen molar-refractivity contribution in [1.82, 2.24) is 4.72 Å². The summed E-state index contributed by atoms with van der Waals surface area (Å²) in [5.41, 5.74) is 5.36. The minimum Gasteiger partial charge on any atom is -0.431 e. The van der Waals surface area contributed by atoms with E-state index in [9.17, 15) is 18.3 Å². The Labute approximate surface area is 202 Å². The molecule has 4 aliphatic carbocycles. The van der Waals surface area contributed by atoms with E-state index in [0.717, 1.165) is 63.4 Å². The molecule has 4 aliphatic rings. The standard InChI is InChI=1S/C26H40N2O5S/c1-24-10-7-19(28-34(31,32)14-13-27)15-18(24)4-5-22-21(24)8-11-25(2)20(9-12-26(22,25)30)17-3-6-23(29)33-16-17/h3,6,16,18-22,28,30H,4-5,7-15,27H2,1-2H3/t18-,19+,20-,21+,22-,24+,25-,26+/m1/s1. The Bertz CT molecular complexity index is 1070. The average Bonchev–Trinajstić information content (AvgIpc) is 3.06. The van der Waals surface area contributed by atoms with E-state index in [-0.39, 0.29) is 46.6 Å². The van der Waals surface area contributed by atoms with Crippen molar-refractivity contribution in [1.29, 1.82) is 0 Å². The second kappa shape index (κ2) is 8.43. The van der Waals surface area contributed by atoms with Gasteiger partial charge in [0.1, 0.15) is 0 Å². The molecule has 0 saturated heterocycles. The molecule has 190 valence electrons. The topological polar surface area (TPSA) is 123 Å². The van der Waals surface area contributed by atoms with Crippen LogP contribution in [0.15, 0.2) is 27.6 Å². The maximum Gasteiger partial charge on any atom is 0.335 e. The summed E-state index contributed by atoms with van der Waals surface area (Å²) >= 11 is 0. The molecular weight excluding hydrogens is 452 g/mol. The van der Waals surface area contributed by atoms with Crippen LogP contribution in [0.1, 0.15) is 83.1 Å². The van der Waals surface area contributed by atoms with Crippen LogP contribution in [-0.2, 0) is 10.0 Å². The van der Waals surface area contributed by atoms with Gasteiger partial charge in [-0.3, -0.25) is 0 Å². The van der Waals surface area contributed by atoms with Crippen molar-refractivity contribution >= 4 is 10.0 Å². The zero-order valence-corrected chi connectivity index (χ0v) is 21.3. The SMILES string of the molecule is C[C@]12CC[C@H](NS(=O)(=O)CCN)C[C@H]1CC[C@@H]1[C@@H]2CC[C@]2(C)[C@@H](c3ccc(=O)oc3)CC[C@]12O. The van der Waals surface area contributed by atoms with Gasteiger partial charge in [-0.2, -0.15) is 0 Å². The van der Waals surface area contributed by atoms with Crippen molar-refractivity contribution in [3.05, 3.63) is 34.4 Å². The zero-order chi connectivity index (χ0) is 24.4. The smallest absolute Gasteiger partial charge is 0.335 e. The molecule has 0 aromatic carbocycles. The van der Waals surface area contributed by atoms with Crippen molar-refractivity contribution in [2.24, 2.45) is 34.3 Å². The van der Waals surface area contributed by atoms with Gasteiger partial charge < -0.3 is 15.3 Å². The van der Waals surface area contributed by atoms with Crippen molar-refractivity contribution in [3.8, 4) is 0 Å². The molecule has 8 heteroatoms. The molecule has 1 aromatic heterocycles. The van der Waals surface area contributed by atoms with E-state index in [0.29, 0.717) is 11.8 Å². The predicted octanol–water partition coefficient (Wildman–Crippen LogP) is 3.13. The second-order valence-corrected chi connectivity index (χ2v) is 13.9. The third-order valence-electron chi connectivity index (χ3n) is 10.7. The highest BCUT2D eigenvalue weighted by atomic mass is 32.2. The van der Waals surface area contributed by atoms with Crippen molar-refractivity contribution < 1.29 is 17.9 Å². The van der Waals surface area contributed by atoms with E-state index in [1.54, 1.807) is 6.26 Å². The number of sulfonamides is 1. The Morgan fingerprint density at radius 3 is 2.59 bits per heavy atom. The van der Waals surface area contributed by atoms with Gasteiger partial charge in [0.2, 0.25) is 10.0 Å². The van der Waals surface area contributed by atoms with Crippen LogP contribution in [0.25, 0.3) is 0 Å². The Morgan fingerprint density at radius 1 is 1.09 bits per heavy atom. The number of fused-ring (bicyclic) bond motifs is 5. The fourth-order valence-electron chi connectivity index (χ4n) is 8.90. The summed E-state index contributed by atoms with van der Waals surface area (Å²) in [6, 6.07) is 3.37. The minimum absolute atomic E-state index is 0.00767. The van der Waals surface area contributed by atoms with Crippen LogP contribution < -0.4 is 16.1 Å². The lowest BCUT2D eigenvalue weighted by Gasteiger charge is -2.63. The van der Waals surface area contributed by atoms with Gasteiger partial charge in [-0.1, -0.05) is 13.8 Å². The second-order valence-electron chi connectivity index (χ2n) is 12.0. The molecule has 4 N–H and O–H groups in total. The Hall–Kier alpha value is -1.22. The molecule has 8 atom stereocenters. The third-order valence-corrected chi connectivity index (χ3v) is 12.2. The molecule has 4 fully saturated rings. The van der Waals surface area contributed by atoms with Gasteiger partial charge in [0.05, 0.1) is 17.6 Å². The Balaban J connectivity index is 1.36. The third kappa shape index (κ3) is 3.71. The summed E-state index contributed by atoms with van der Waals surface area (Å²) in [6.45, 7) is 4.80. The maximum atomic E-state index is 12.3. The van der Waals surface area contributed by atoms with Gasteiger partial charge in [0.25, 0.3) is 0 Å². The molecule has 0 bridgehead atoms. The number of nitrogens with one attached hydrogen (secondary N) is 1. The molecule has 1 heterocycles. The predicted molar refractivity (Wildman–Crippen MR) is 131 cm³/mol. The maximum absolute atomic E-state index is 12.3. The van der Waals surface area contributed by atoms with Crippen LogP contribution in [-0.4, -0.2) is 37.5 Å². The molecule has 34 heavy (non-hydrogen) atoms. The number of aliphatic hydroxyl groups is 1. The van der Waals surface area contributed by atoms with E-state index < -0.39 is 15.6 Å². The van der Waals surface area contributed by atoms with Crippen LogP contribution in [0.3, 0.4) is 0 Å². The first kappa shape index (κ1) is 24.5. The molecule has 4 saturated carbocycles. The summed E-state index contributed by atoms with van der Waals surface area (Å²) in [5, 5.41) is 12.3. The van der Waals surface area contributed by atoms with Crippen LogP contribution in [0.5, 0.6) is 0 Å². The fourth-order valence-corrected chi connectivity index (χ4v) is 10.1. The lowest BCUT2D eigenvalue weighted by molar-refractivity contribution is -0.201. The molecule has 1 aromatic rings. The van der Waals surface area contributed by atoms with Crippen LogP contribution >= 0.6 is 0 Å². The average molecular weight is 493 g/mol. The van der Waals surface area contributed by atoms with E-state index in [1.807, 2.05) is 6.07 Å². The first-order valence-electron chi connectivity index (χ1n) is 13.0. The molecule has 5 rings (SSSR count). The lowest BCUT2D eigenvalue weighted by Crippen LogP contribution is -2.62. The van der Waals surface area contributed by atoms with Crippen LogP contribution in [0.4, 0.5) is 0 Å². The first-order valence-corrected chi connectivity index (χ1v) is 14.7. The summed E-state index contributed by atoms with van der Waals surface area (Å²) in [6.07, 6.45) is 10.1. The summed E-state index contributed by atoms with van der Waals surface area (Å²) in [7, 11) is -3.32. The van der Waals surface area contributed by atoms with E-state index >= 15 is 0 Å². The zero-order valence-electron chi connectivity index (χ0n) is 20.5. The molecule has 0 amide bonds. The fraction of sp³-hybridized carbons (Fsp3) is 0.808. The highest BCUT2D eigenvalue weighted by Gasteiger charge is 2.67. The number of hydrogen-bond donors (Lipinski definition) is 3. The monoisotopic (exact) mass is 492 g/mol. The summed E-state index contributed by atoms with van der Waals surface area (Å²) in [5.74, 6) is 1.37. The van der Waals surface area contributed by atoms with Crippen molar-refractivity contribution in [2.45, 2.75) is 89.2 Å². The molecular formula is C26H40N2O5S. The first-order chi connectivity index (χ1) is 16.0. The van der Waals surface area contributed by atoms with Crippen molar-refractivity contribution in [2.75, 3.05) is 12.3 Å². The number of hydrogen-bond acceptors (Lipinski definition) is 6. The van der Waals surface area contributed by atoms with Gasteiger partial charge >= 0.3 is 5.63 Å². The molecule has 0 unspecified atom stereocenters. The lowest BCUT2D eigenvalue weighted by atomic mass is 9.43. The quantitative estimate of drug-likeness (QED) is 0.580. The molecule has 0 aliphatic heterocycles. The highest BCUT2D eigenvalue weighted by molar-refractivity contribution is 7.89. The van der Waals surface area contributed by atoms with E-state index in [2.05, 4.69) is 18.6 Å². The summed E-state index contributed by atoms with van der Waals surface area (Å²) < 4.78 is 32.7. The normalized spacial score (nSPS) is 44.2. The van der Waals surface area contributed by atoms with Gasteiger partial charge in [-0.25, -0.2) is 17.9 Å². The van der Waals surface area contributed by atoms with Crippen LogP contribution in [0, 0.1) is 28.6 Å². The Morgan fingerprint density at radius 2 is 1.88 bits per heavy atom. The van der Waals surface area contributed by atoms with Gasteiger partial charge in [-0.15, -0.1) is 0 Å². The minimum atomic E-state index is -3.32. The van der Waals surface area contributed by atoms with Gasteiger partial charge in [0, 0.05) is 24.1 Å². The largest absolute Gasteiger partial charge is 0.431 e. The van der Waals surface area contributed by atoms with Crippen LogP contribution in [0.2, 0.25) is 0 Å². The highest BCUT2D eigenvalue weighted by Crippen LogP contribution is 2.70. The van der Waals surface area contributed by atoms with E-state index in [1.165, 1.54) is 6.07 Å². The molecule has 7 nitrogen and oxygen atoms in total. The van der Waals surface area contributed by atoms with Crippen molar-refractivity contribution in [3.63, 3.8) is 0 Å². The molecule has 0 spiro atoms. The molecule has 0 radical (unpaired) electrons.